The van der Waals surface area contributed by atoms with Crippen LogP contribution in [0.4, 0.5) is 0 Å². The van der Waals surface area contributed by atoms with Gasteiger partial charge in [-0.1, -0.05) is 13.0 Å². The van der Waals surface area contributed by atoms with Crippen LogP contribution in [0.2, 0.25) is 0 Å². The van der Waals surface area contributed by atoms with E-state index in [-0.39, 0.29) is 0 Å². The molecule has 1 aromatic rings. The van der Waals surface area contributed by atoms with Gasteiger partial charge in [-0.05, 0) is 44.5 Å². The maximum atomic E-state index is 11.5. The van der Waals surface area contributed by atoms with Crippen LogP contribution < -0.4 is 9.47 Å². The van der Waals surface area contributed by atoms with Crippen molar-refractivity contribution in [2.75, 3.05) is 27.3 Å². The number of hydrogen-bond acceptors (Lipinski definition) is 4. The largest absolute Gasteiger partial charge is 0.496 e. The summed E-state index contributed by atoms with van der Waals surface area (Å²) in [6.07, 6.45) is 2.07. The maximum absolute atomic E-state index is 11.5. The highest BCUT2D eigenvalue weighted by atomic mass is 16.5. The molecule has 0 amide bonds. The molecule has 22 heavy (non-hydrogen) atoms. The zero-order valence-electron chi connectivity index (χ0n) is 13.6. The molecule has 0 radical (unpaired) electrons. The number of carboxylic acid groups (broad SMARTS) is 1. The number of nitrogens with zero attached hydrogens (tertiary/aromatic N) is 1. The van der Waals surface area contributed by atoms with E-state index >= 15 is 0 Å². The Morgan fingerprint density at radius 3 is 2.18 bits per heavy atom. The predicted octanol–water partition coefficient (Wildman–Crippen LogP) is 2.78. The summed E-state index contributed by atoms with van der Waals surface area (Å²) in [5.41, 5.74) is 0.466. The van der Waals surface area contributed by atoms with E-state index < -0.39 is 11.4 Å². The molecule has 5 heteroatoms. The average Bonchev–Trinajstić information content (AvgIpc) is 2.55. The summed E-state index contributed by atoms with van der Waals surface area (Å²) < 4.78 is 10.9. The summed E-state index contributed by atoms with van der Waals surface area (Å²) in [5, 5.41) is 9.47. The Bertz CT molecular complexity index is 499. The third-order valence-corrected chi connectivity index (χ3v) is 4.86. The SMILES string of the molecule is CCC1(C(=O)O)CCN(Cc2c(OC)cccc2OC)CC1. The Kier molecular flexibility index (Phi) is 5.29. The summed E-state index contributed by atoms with van der Waals surface area (Å²) in [6.45, 7) is 4.24. The van der Waals surface area contributed by atoms with Gasteiger partial charge >= 0.3 is 5.97 Å². The van der Waals surface area contributed by atoms with Crippen molar-refractivity contribution in [2.24, 2.45) is 5.41 Å². The smallest absolute Gasteiger partial charge is 0.309 e. The fraction of sp³-hybridized carbons (Fsp3) is 0.588. The van der Waals surface area contributed by atoms with Crippen molar-refractivity contribution in [3.63, 3.8) is 0 Å². The molecule has 0 spiro atoms. The van der Waals surface area contributed by atoms with Gasteiger partial charge in [-0.3, -0.25) is 9.69 Å². The number of likely N-dealkylation sites (tertiary alicyclic amines) is 1. The Morgan fingerprint density at radius 1 is 1.23 bits per heavy atom. The Morgan fingerprint density at radius 2 is 1.77 bits per heavy atom. The van der Waals surface area contributed by atoms with E-state index in [1.165, 1.54) is 0 Å². The summed E-state index contributed by atoms with van der Waals surface area (Å²) in [7, 11) is 3.31. The van der Waals surface area contributed by atoms with Gasteiger partial charge in [0.1, 0.15) is 11.5 Å². The van der Waals surface area contributed by atoms with Gasteiger partial charge in [0, 0.05) is 6.54 Å². The molecule has 0 aliphatic carbocycles. The zero-order valence-corrected chi connectivity index (χ0v) is 13.6. The normalized spacial score (nSPS) is 18.0. The molecular formula is C17H25NO4. The van der Waals surface area contributed by atoms with E-state index in [4.69, 9.17) is 9.47 Å². The lowest BCUT2D eigenvalue weighted by molar-refractivity contribution is -0.152. The minimum Gasteiger partial charge on any atom is -0.496 e. The maximum Gasteiger partial charge on any atom is 0.309 e. The van der Waals surface area contributed by atoms with Crippen LogP contribution in [0.5, 0.6) is 11.5 Å². The summed E-state index contributed by atoms with van der Waals surface area (Å²) >= 11 is 0. The van der Waals surface area contributed by atoms with Gasteiger partial charge < -0.3 is 14.6 Å². The van der Waals surface area contributed by atoms with E-state index in [1.54, 1.807) is 14.2 Å². The number of piperidine rings is 1. The first kappa shape index (κ1) is 16.6. The van der Waals surface area contributed by atoms with Gasteiger partial charge in [-0.25, -0.2) is 0 Å². The van der Waals surface area contributed by atoms with Gasteiger partial charge in [0.2, 0.25) is 0 Å². The summed E-state index contributed by atoms with van der Waals surface area (Å²) in [5.74, 6) is 0.958. The van der Waals surface area contributed by atoms with Crippen molar-refractivity contribution in [1.29, 1.82) is 0 Å². The average molecular weight is 307 g/mol. The summed E-state index contributed by atoms with van der Waals surface area (Å²) in [6, 6.07) is 5.76. The van der Waals surface area contributed by atoms with Gasteiger partial charge in [0.25, 0.3) is 0 Å². The summed E-state index contributed by atoms with van der Waals surface area (Å²) in [4.78, 5) is 13.8. The van der Waals surface area contributed by atoms with Crippen LogP contribution in [0.25, 0.3) is 0 Å². The van der Waals surface area contributed by atoms with Crippen LogP contribution in [0, 0.1) is 5.41 Å². The van der Waals surface area contributed by atoms with E-state index in [0.717, 1.165) is 30.2 Å². The van der Waals surface area contributed by atoms with Gasteiger partial charge in [-0.2, -0.15) is 0 Å². The Hall–Kier alpha value is -1.75. The van der Waals surface area contributed by atoms with Crippen molar-refractivity contribution in [3.05, 3.63) is 23.8 Å². The van der Waals surface area contributed by atoms with E-state index in [2.05, 4.69) is 4.90 Å². The second-order valence-corrected chi connectivity index (χ2v) is 5.86. The first-order valence-electron chi connectivity index (χ1n) is 7.72. The van der Waals surface area contributed by atoms with E-state index in [0.29, 0.717) is 25.8 Å². The second-order valence-electron chi connectivity index (χ2n) is 5.86. The highest BCUT2D eigenvalue weighted by Gasteiger charge is 2.39. The first-order valence-corrected chi connectivity index (χ1v) is 7.72. The fourth-order valence-corrected chi connectivity index (χ4v) is 3.17. The topological polar surface area (TPSA) is 59.0 Å². The number of methoxy groups -OCH3 is 2. The molecule has 1 aliphatic heterocycles. The number of ether oxygens (including phenoxy) is 2. The highest BCUT2D eigenvalue weighted by molar-refractivity contribution is 5.74. The molecular weight excluding hydrogens is 282 g/mol. The Balaban J connectivity index is 2.10. The Labute approximate surface area is 131 Å². The number of carboxylic acids is 1. The zero-order chi connectivity index (χ0) is 16.2. The van der Waals surface area contributed by atoms with Crippen LogP contribution in [0.15, 0.2) is 18.2 Å². The molecule has 5 nitrogen and oxygen atoms in total. The molecule has 1 aromatic carbocycles. The standard InChI is InChI=1S/C17H25NO4/c1-4-17(16(19)20)8-10-18(11-9-17)12-13-14(21-2)6-5-7-15(13)22-3/h5-7H,4,8-12H2,1-3H3,(H,19,20). The molecule has 0 aromatic heterocycles. The highest BCUT2D eigenvalue weighted by Crippen LogP contribution is 2.37. The lowest BCUT2D eigenvalue weighted by atomic mass is 9.76. The lowest BCUT2D eigenvalue weighted by Gasteiger charge is -2.38. The molecule has 1 aliphatic rings. The number of benzene rings is 1. The first-order chi connectivity index (χ1) is 10.6. The van der Waals surface area contributed by atoms with Crippen molar-refractivity contribution < 1.29 is 19.4 Å². The van der Waals surface area contributed by atoms with Crippen molar-refractivity contribution >= 4 is 5.97 Å². The molecule has 0 saturated carbocycles. The molecule has 0 atom stereocenters. The third-order valence-electron chi connectivity index (χ3n) is 4.86. The number of rotatable bonds is 6. The van der Waals surface area contributed by atoms with Crippen LogP contribution in [-0.4, -0.2) is 43.3 Å². The van der Waals surface area contributed by atoms with Crippen LogP contribution in [0.3, 0.4) is 0 Å². The van der Waals surface area contributed by atoms with Crippen molar-refractivity contribution in [3.8, 4) is 11.5 Å². The molecule has 1 N–H and O–H groups in total. The molecule has 1 heterocycles. The van der Waals surface area contributed by atoms with Crippen molar-refractivity contribution in [1.82, 2.24) is 4.90 Å². The minimum atomic E-state index is -0.662. The quantitative estimate of drug-likeness (QED) is 0.875. The second kappa shape index (κ2) is 7.01. The van der Waals surface area contributed by atoms with Crippen LogP contribution in [0.1, 0.15) is 31.7 Å². The van der Waals surface area contributed by atoms with Gasteiger partial charge in [0.05, 0.1) is 25.2 Å². The molecule has 1 saturated heterocycles. The number of carbonyl (C=O) groups is 1. The van der Waals surface area contributed by atoms with Crippen LogP contribution in [-0.2, 0) is 11.3 Å². The van der Waals surface area contributed by atoms with Crippen molar-refractivity contribution in [2.45, 2.75) is 32.7 Å². The molecule has 122 valence electrons. The molecule has 0 bridgehead atoms. The van der Waals surface area contributed by atoms with E-state index in [1.807, 2.05) is 25.1 Å². The monoisotopic (exact) mass is 307 g/mol. The predicted molar refractivity (Wildman–Crippen MR) is 84.4 cm³/mol. The molecule has 1 fully saturated rings. The molecule has 0 unspecified atom stereocenters. The van der Waals surface area contributed by atoms with Crippen LogP contribution >= 0.6 is 0 Å². The number of aliphatic carboxylic acids is 1. The number of hydrogen-bond donors (Lipinski definition) is 1. The minimum absolute atomic E-state index is 0.554. The van der Waals surface area contributed by atoms with Gasteiger partial charge in [-0.15, -0.1) is 0 Å². The van der Waals surface area contributed by atoms with E-state index in [9.17, 15) is 9.90 Å². The van der Waals surface area contributed by atoms with Gasteiger partial charge in [0.15, 0.2) is 0 Å². The fourth-order valence-electron chi connectivity index (χ4n) is 3.17. The molecule has 2 rings (SSSR count). The third kappa shape index (κ3) is 3.19. The lowest BCUT2D eigenvalue weighted by Crippen LogP contribution is -2.43.